The number of benzene rings is 8. The molecule has 0 aliphatic rings. The first-order valence-electron chi connectivity index (χ1n) is 17.5. The Morgan fingerprint density at radius 2 is 0.923 bits per heavy atom. The van der Waals surface area contributed by atoms with Crippen LogP contribution < -0.4 is 0 Å². The second kappa shape index (κ2) is 11.2. The van der Waals surface area contributed by atoms with Crippen LogP contribution in [0.2, 0.25) is 0 Å². The SMILES string of the molecule is c1ccc(-c2nc(-c3ccccc3)nc(-c3cccc4c3oc3c4ccc4ccc5cc(-n6c7ccccc7c7ccccc76)ccc5c43)n2)cc1. The van der Waals surface area contributed by atoms with Gasteiger partial charge in [-0.1, -0.05) is 133 Å². The number of aromatic nitrogens is 4. The summed E-state index contributed by atoms with van der Waals surface area (Å²) in [6.07, 6.45) is 0. The van der Waals surface area contributed by atoms with E-state index in [-0.39, 0.29) is 0 Å². The van der Waals surface area contributed by atoms with Crippen molar-refractivity contribution in [2.45, 2.75) is 0 Å². The molecule has 5 heteroatoms. The van der Waals surface area contributed by atoms with Crippen LogP contribution in [-0.4, -0.2) is 19.5 Å². The number of hydrogen-bond acceptors (Lipinski definition) is 4. The summed E-state index contributed by atoms with van der Waals surface area (Å²) in [4.78, 5) is 15.0. The molecule has 0 N–H and O–H groups in total. The van der Waals surface area contributed by atoms with E-state index >= 15 is 0 Å². The number of para-hydroxylation sites is 3. The third-order valence-corrected chi connectivity index (χ3v) is 10.2. The van der Waals surface area contributed by atoms with E-state index in [9.17, 15) is 0 Å². The number of hydrogen-bond donors (Lipinski definition) is 0. The maximum absolute atomic E-state index is 6.96. The molecule has 0 amide bonds. The molecule has 52 heavy (non-hydrogen) atoms. The summed E-state index contributed by atoms with van der Waals surface area (Å²) in [5.74, 6) is 1.81. The highest BCUT2D eigenvalue weighted by Crippen LogP contribution is 2.41. The largest absolute Gasteiger partial charge is 0.455 e. The van der Waals surface area contributed by atoms with E-state index in [0.29, 0.717) is 17.5 Å². The topological polar surface area (TPSA) is 56.7 Å². The molecule has 0 unspecified atom stereocenters. The van der Waals surface area contributed by atoms with Crippen LogP contribution >= 0.6 is 0 Å². The first-order valence-corrected chi connectivity index (χ1v) is 17.5. The molecule has 0 aliphatic carbocycles. The van der Waals surface area contributed by atoms with Gasteiger partial charge < -0.3 is 8.98 Å². The van der Waals surface area contributed by atoms with Gasteiger partial charge in [0.25, 0.3) is 0 Å². The molecule has 3 heterocycles. The van der Waals surface area contributed by atoms with E-state index in [1.807, 2.05) is 66.7 Å². The van der Waals surface area contributed by atoms with Gasteiger partial charge in [-0.25, -0.2) is 15.0 Å². The van der Waals surface area contributed by atoms with E-state index in [0.717, 1.165) is 65.9 Å². The third kappa shape index (κ3) is 4.33. The van der Waals surface area contributed by atoms with Crippen LogP contribution in [0.5, 0.6) is 0 Å². The Morgan fingerprint density at radius 3 is 1.62 bits per heavy atom. The minimum absolute atomic E-state index is 0.572. The minimum atomic E-state index is 0.572. The summed E-state index contributed by atoms with van der Waals surface area (Å²) >= 11 is 0. The summed E-state index contributed by atoms with van der Waals surface area (Å²) in [5.41, 5.74) is 7.81. The lowest BCUT2D eigenvalue weighted by atomic mass is 9.99. The van der Waals surface area contributed by atoms with Crippen LogP contribution in [0, 0.1) is 0 Å². The summed E-state index contributed by atoms with van der Waals surface area (Å²) in [7, 11) is 0. The molecule has 8 aromatic carbocycles. The van der Waals surface area contributed by atoms with Gasteiger partial charge in [0.1, 0.15) is 11.2 Å². The van der Waals surface area contributed by atoms with Crippen molar-refractivity contribution in [3.63, 3.8) is 0 Å². The van der Waals surface area contributed by atoms with Crippen molar-refractivity contribution in [1.29, 1.82) is 0 Å². The fraction of sp³-hybridized carbons (Fsp3) is 0. The van der Waals surface area contributed by atoms with Crippen molar-refractivity contribution in [2.24, 2.45) is 0 Å². The van der Waals surface area contributed by atoms with Gasteiger partial charge in [-0.15, -0.1) is 0 Å². The van der Waals surface area contributed by atoms with Gasteiger partial charge >= 0.3 is 0 Å². The molecule has 0 radical (unpaired) electrons. The average Bonchev–Trinajstić information content (AvgIpc) is 3.77. The molecular weight excluding hydrogens is 637 g/mol. The summed E-state index contributed by atoms with van der Waals surface area (Å²) in [5, 5.41) is 9.10. The van der Waals surface area contributed by atoms with Crippen molar-refractivity contribution in [3.05, 3.63) is 170 Å². The highest BCUT2D eigenvalue weighted by Gasteiger charge is 2.20. The molecule has 0 atom stereocenters. The molecule has 0 fully saturated rings. The zero-order valence-electron chi connectivity index (χ0n) is 27.9. The van der Waals surface area contributed by atoms with Gasteiger partial charge in [0, 0.05) is 43.7 Å². The lowest BCUT2D eigenvalue weighted by molar-refractivity contribution is 0.673. The predicted molar refractivity (Wildman–Crippen MR) is 213 cm³/mol. The lowest BCUT2D eigenvalue weighted by Crippen LogP contribution is -2.00. The van der Waals surface area contributed by atoms with Crippen LogP contribution in [0.15, 0.2) is 174 Å². The zero-order valence-corrected chi connectivity index (χ0v) is 27.9. The van der Waals surface area contributed by atoms with Crippen molar-refractivity contribution in [1.82, 2.24) is 19.5 Å². The van der Waals surface area contributed by atoms with E-state index in [1.54, 1.807) is 0 Å². The number of rotatable bonds is 4. The second-order valence-electron chi connectivity index (χ2n) is 13.2. The number of furan rings is 1. The van der Waals surface area contributed by atoms with Gasteiger partial charge in [0.05, 0.1) is 16.6 Å². The first-order chi connectivity index (χ1) is 25.8. The molecule has 11 aromatic rings. The minimum Gasteiger partial charge on any atom is -0.455 e. The van der Waals surface area contributed by atoms with Gasteiger partial charge in [-0.3, -0.25) is 0 Å². The quantitative estimate of drug-likeness (QED) is 0.176. The number of fused-ring (bicyclic) bond motifs is 10. The highest BCUT2D eigenvalue weighted by atomic mass is 16.3. The fourth-order valence-corrected chi connectivity index (χ4v) is 7.83. The Labute approximate surface area is 298 Å². The van der Waals surface area contributed by atoms with Gasteiger partial charge in [0.15, 0.2) is 17.5 Å². The molecule has 242 valence electrons. The van der Waals surface area contributed by atoms with Gasteiger partial charge in [-0.2, -0.15) is 0 Å². The third-order valence-electron chi connectivity index (χ3n) is 10.2. The maximum Gasteiger partial charge on any atom is 0.167 e. The van der Waals surface area contributed by atoms with E-state index in [2.05, 4.69) is 108 Å². The number of nitrogens with zero attached hydrogens (tertiary/aromatic N) is 4. The van der Waals surface area contributed by atoms with Crippen LogP contribution in [0.4, 0.5) is 0 Å². The van der Waals surface area contributed by atoms with Crippen molar-refractivity contribution < 1.29 is 4.42 Å². The summed E-state index contributed by atoms with van der Waals surface area (Å²) in [6.45, 7) is 0. The second-order valence-corrected chi connectivity index (χ2v) is 13.2. The lowest BCUT2D eigenvalue weighted by Gasteiger charge is -2.11. The Hall–Kier alpha value is -7.11. The Bertz CT molecular complexity index is 3070. The smallest absolute Gasteiger partial charge is 0.167 e. The van der Waals surface area contributed by atoms with E-state index in [1.165, 1.54) is 21.8 Å². The molecule has 0 saturated carbocycles. The molecule has 0 saturated heterocycles. The summed E-state index contributed by atoms with van der Waals surface area (Å²) < 4.78 is 9.33. The van der Waals surface area contributed by atoms with Crippen molar-refractivity contribution in [3.8, 4) is 39.9 Å². The van der Waals surface area contributed by atoms with Gasteiger partial charge in [-0.05, 0) is 52.6 Å². The predicted octanol–water partition coefficient (Wildman–Crippen LogP) is 12.2. The zero-order chi connectivity index (χ0) is 34.2. The van der Waals surface area contributed by atoms with E-state index < -0.39 is 0 Å². The van der Waals surface area contributed by atoms with Crippen molar-refractivity contribution >= 4 is 65.3 Å². The van der Waals surface area contributed by atoms with E-state index in [4.69, 9.17) is 19.4 Å². The molecule has 0 aliphatic heterocycles. The molecule has 0 bridgehead atoms. The standard InChI is InChI=1S/C47H28N4O/c1-3-12-30(13-4-1)45-48-46(31-14-5-2-6-15-31)50-47(49-45)39-19-11-18-37-38-26-24-29-22-23-32-28-33(25-27-34(32)42(29)44(38)52-43(37)39)51-40-20-9-7-16-35(40)36-17-8-10-21-41(36)51/h1-28H. The molecule has 11 rings (SSSR count). The Kier molecular flexibility index (Phi) is 6.18. The Morgan fingerprint density at radius 1 is 0.385 bits per heavy atom. The molecule has 5 nitrogen and oxygen atoms in total. The molecular formula is C47H28N4O. The van der Waals surface area contributed by atoms with Crippen molar-refractivity contribution in [2.75, 3.05) is 0 Å². The summed E-state index contributed by atoms with van der Waals surface area (Å²) in [6, 6.07) is 59.2. The average molecular weight is 665 g/mol. The first kappa shape index (κ1) is 28.7. The van der Waals surface area contributed by atoms with Crippen LogP contribution in [0.1, 0.15) is 0 Å². The van der Waals surface area contributed by atoms with Crippen LogP contribution in [0.3, 0.4) is 0 Å². The molecule has 3 aromatic heterocycles. The maximum atomic E-state index is 6.96. The van der Waals surface area contributed by atoms with Crippen LogP contribution in [-0.2, 0) is 0 Å². The highest BCUT2D eigenvalue weighted by molar-refractivity contribution is 6.24. The van der Waals surface area contributed by atoms with Crippen LogP contribution in [0.25, 0.3) is 105 Å². The molecule has 0 spiro atoms. The monoisotopic (exact) mass is 664 g/mol. The van der Waals surface area contributed by atoms with Gasteiger partial charge in [0.2, 0.25) is 0 Å². The fourth-order valence-electron chi connectivity index (χ4n) is 7.83. The normalized spacial score (nSPS) is 11.8. The Balaban J connectivity index is 1.13.